The van der Waals surface area contributed by atoms with Gasteiger partial charge in [0.15, 0.2) is 5.83 Å². The molecular formula is C25H31FO2Si. The van der Waals surface area contributed by atoms with Crippen LogP contribution in [0.5, 0.6) is 0 Å². The van der Waals surface area contributed by atoms with E-state index < -0.39 is 13.5 Å². The summed E-state index contributed by atoms with van der Waals surface area (Å²) in [7, 11) is -2.11. The van der Waals surface area contributed by atoms with Crippen molar-refractivity contribution in [3.63, 3.8) is 0 Å². The fourth-order valence-corrected chi connectivity index (χ4v) is 5.58. The minimum Gasteiger partial charge on any atom is -0.465 e. The number of ether oxygens (including phenoxy) is 1. The fraction of sp³-hybridized carbons (Fsp3) is 0.360. The maximum absolute atomic E-state index is 14.9. The molecule has 0 aliphatic heterocycles. The van der Waals surface area contributed by atoms with E-state index in [1.54, 1.807) is 12.1 Å². The molecule has 0 heterocycles. The molecule has 0 N–H and O–H groups in total. The molecule has 2 aromatic rings. The molecule has 0 spiro atoms. The van der Waals surface area contributed by atoms with Gasteiger partial charge in [-0.2, -0.15) is 4.39 Å². The van der Waals surface area contributed by atoms with Crippen molar-refractivity contribution >= 4 is 25.1 Å². The summed E-state index contributed by atoms with van der Waals surface area (Å²) in [6.07, 6.45) is 1.29. The smallest absolute Gasteiger partial charge is 0.311 e. The van der Waals surface area contributed by atoms with Crippen molar-refractivity contribution in [2.45, 2.75) is 46.7 Å². The fourth-order valence-electron chi connectivity index (χ4n) is 2.98. The van der Waals surface area contributed by atoms with Crippen molar-refractivity contribution in [2.75, 3.05) is 6.61 Å². The van der Waals surface area contributed by atoms with E-state index in [1.807, 2.05) is 57.2 Å². The van der Waals surface area contributed by atoms with E-state index in [4.69, 9.17) is 4.74 Å². The Morgan fingerprint density at radius 1 is 1.00 bits per heavy atom. The summed E-state index contributed by atoms with van der Waals surface area (Å²) in [4.78, 5) is 12.0. The van der Waals surface area contributed by atoms with Gasteiger partial charge in [-0.05, 0) is 38.8 Å². The van der Waals surface area contributed by atoms with Crippen molar-refractivity contribution in [3.05, 3.63) is 77.2 Å². The minimum atomic E-state index is -2.11. The van der Waals surface area contributed by atoms with Gasteiger partial charge in [-0.25, -0.2) is 0 Å². The third-order valence-electron chi connectivity index (χ3n) is 4.95. The quantitative estimate of drug-likeness (QED) is 0.240. The summed E-state index contributed by atoms with van der Waals surface area (Å²) in [5.74, 6) is -0.558. The van der Waals surface area contributed by atoms with Crippen LogP contribution in [0.1, 0.15) is 39.2 Å². The van der Waals surface area contributed by atoms with Gasteiger partial charge < -0.3 is 4.74 Å². The summed E-state index contributed by atoms with van der Waals surface area (Å²) >= 11 is 0. The average molecular weight is 411 g/mol. The Bertz CT molecular complexity index is 874. The predicted molar refractivity (Wildman–Crippen MR) is 121 cm³/mol. The van der Waals surface area contributed by atoms with Gasteiger partial charge in [0.1, 0.15) is 8.07 Å². The third-order valence-corrected chi connectivity index (χ3v) is 8.62. The number of rotatable bonds is 7. The Morgan fingerprint density at radius 2 is 1.55 bits per heavy atom. The molecule has 0 fully saturated rings. The zero-order chi connectivity index (χ0) is 21.5. The Labute approximate surface area is 175 Å². The number of esters is 1. The van der Waals surface area contributed by atoms with Crippen LogP contribution in [-0.2, 0) is 9.53 Å². The summed E-state index contributed by atoms with van der Waals surface area (Å²) in [6, 6.07) is 19.3. The zero-order valence-corrected chi connectivity index (χ0v) is 19.1. The molecule has 0 aliphatic carbocycles. The van der Waals surface area contributed by atoms with E-state index >= 15 is 0 Å². The molecule has 0 aliphatic rings. The monoisotopic (exact) mass is 410 g/mol. The molecule has 2 aromatic carbocycles. The number of hydrogen-bond acceptors (Lipinski definition) is 2. The highest BCUT2D eigenvalue weighted by Gasteiger charge is 2.29. The topological polar surface area (TPSA) is 26.3 Å². The number of carbonyl (C=O) groups is 1. The van der Waals surface area contributed by atoms with E-state index in [9.17, 15) is 9.18 Å². The van der Waals surface area contributed by atoms with Gasteiger partial charge in [-0.15, -0.1) is 0 Å². The van der Waals surface area contributed by atoms with E-state index in [1.165, 1.54) is 5.19 Å². The van der Waals surface area contributed by atoms with Crippen LogP contribution < -0.4 is 5.19 Å². The van der Waals surface area contributed by atoms with Crippen LogP contribution in [0.2, 0.25) is 13.1 Å². The second-order valence-corrected chi connectivity index (χ2v) is 13.2. The molecule has 0 aromatic heterocycles. The Balaban J connectivity index is 2.29. The summed E-state index contributed by atoms with van der Waals surface area (Å²) in [6.45, 7) is 10.3. The molecule has 0 radical (unpaired) electrons. The number of hydrogen-bond donors (Lipinski definition) is 0. The highest BCUT2D eigenvalue weighted by Crippen LogP contribution is 2.23. The summed E-state index contributed by atoms with van der Waals surface area (Å²) in [5.41, 5.74) is 3.09. The normalized spacial score (nSPS) is 11.5. The lowest BCUT2D eigenvalue weighted by molar-refractivity contribution is -0.153. The van der Waals surface area contributed by atoms with Crippen LogP contribution in [0.4, 0.5) is 4.39 Å². The molecule has 4 heteroatoms. The summed E-state index contributed by atoms with van der Waals surface area (Å²) in [5, 5.41) is 2.21. The first kappa shape index (κ1) is 22.9. The highest BCUT2D eigenvalue weighted by molar-refractivity contribution is 6.95. The molecule has 154 valence electrons. The molecule has 0 saturated heterocycles. The van der Waals surface area contributed by atoms with Crippen molar-refractivity contribution in [3.8, 4) is 0 Å². The molecular weight excluding hydrogens is 379 g/mol. The molecule has 2 nitrogen and oxygen atoms in total. The van der Waals surface area contributed by atoms with Crippen molar-refractivity contribution in [2.24, 2.45) is 5.41 Å². The number of benzene rings is 2. The second kappa shape index (κ2) is 9.86. The van der Waals surface area contributed by atoms with Gasteiger partial charge in [0.05, 0.1) is 12.0 Å². The lowest BCUT2D eigenvalue weighted by atomic mass is 9.97. The third kappa shape index (κ3) is 6.55. The van der Waals surface area contributed by atoms with E-state index in [-0.39, 0.29) is 11.8 Å². The maximum Gasteiger partial charge on any atom is 0.311 e. The van der Waals surface area contributed by atoms with E-state index in [0.717, 1.165) is 5.20 Å². The molecule has 0 unspecified atom stereocenters. The van der Waals surface area contributed by atoms with Gasteiger partial charge in [0.25, 0.3) is 0 Å². The predicted octanol–water partition coefficient (Wildman–Crippen LogP) is 6.05. The highest BCUT2D eigenvalue weighted by atomic mass is 28.3. The average Bonchev–Trinajstić information content (AvgIpc) is 2.70. The first-order valence-electron chi connectivity index (χ1n) is 10.1. The van der Waals surface area contributed by atoms with Crippen LogP contribution >= 0.6 is 0 Å². The molecule has 2 rings (SSSR count). The zero-order valence-electron chi connectivity index (χ0n) is 18.1. The standard InChI is InChI=1S/C25H31FO2Si/c1-25(2,3)24(27)28-18-12-17-22(19-23(26)20-13-8-6-9-14-20)29(4,5)21-15-10-7-11-16-21/h6-11,13-16H,12,17-18H2,1-5H3. The van der Waals surface area contributed by atoms with E-state index in [0.29, 0.717) is 25.0 Å². The number of halogens is 1. The summed E-state index contributed by atoms with van der Waals surface area (Å²) < 4.78 is 20.3. The Morgan fingerprint density at radius 3 is 2.10 bits per heavy atom. The van der Waals surface area contributed by atoms with Crippen molar-refractivity contribution in [1.82, 2.24) is 0 Å². The van der Waals surface area contributed by atoms with E-state index in [2.05, 4.69) is 31.0 Å². The molecule has 0 amide bonds. The largest absolute Gasteiger partial charge is 0.465 e. The van der Waals surface area contributed by atoms with Crippen LogP contribution in [0.3, 0.4) is 0 Å². The van der Waals surface area contributed by atoms with Gasteiger partial charge in [-0.1, -0.05) is 84.7 Å². The number of allylic oxidation sites excluding steroid dienone is 1. The molecule has 29 heavy (non-hydrogen) atoms. The van der Waals surface area contributed by atoms with Gasteiger partial charge in [-0.3, -0.25) is 4.79 Å². The minimum absolute atomic E-state index is 0.214. The Kier molecular flexibility index (Phi) is 7.78. The van der Waals surface area contributed by atoms with Crippen LogP contribution in [0.25, 0.3) is 5.83 Å². The maximum atomic E-state index is 14.9. The number of carbonyl (C=O) groups excluding carboxylic acids is 1. The molecule has 0 saturated carbocycles. The lowest BCUT2D eigenvalue weighted by Gasteiger charge is -2.25. The van der Waals surface area contributed by atoms with Crippen LogP contribution in [-0.4, -0.2) is 20.7 Å². The molecule has 0 atom stereocenters. The first-order valence-corrected chi connectivity index (χ1v) is 13.1. The van der Waals surface area contributed by atoms with Crippen LogP contribution in [0.15, 0.2) is 71.6 Å². The van der Waals surface area contributed by atoms with Crippen molar-refractivity contribution in [1.29, 1.82) is 0 Å². The van der Waals surface area contributed by atoms with Gasteiger partial charge in [0, 0.05) is 5.56 Å². The lowest BCUT2D eigenvalue weighted by Crippen LogP contribution is -2.43. The second-order valence-electron chi connectivity index (χ2n) is 8.76. The SMILES string of the molecule is CC(C)(C)C(=O)OCCCC(=C=C(F)c1ccccc1)[Si](C)(C)c1ccccc1. The van der Waals surface area contributed by atoms with Crippen molar-refractivity contribution < 1.29 is 13.9 Å². The van der Waals surface area contributed by atoms with Gasteiger partial charge >= 0.3 is 5.97 Å². The molecule has 0 bridgehead atoms. The van der Waals surface area contributed by atoms with Crippen LogP contribution in [0, 0.1) is 5.41 Å². The first-order chi connectivity index (χ1) is 13.6. The van der Waals surface area contributed by atoms with Gasteiger partial charge in [0.2, 0.25) is 0 Å². The Hall–Kier alpha value is -2.42.